The molecule has 2 unspecified atom stereocenters. The Balaban J connectivity index is 2.06. The predicted molar refractivity (Wildman–Crippen MR) is 78.5 cm³/mol. The molecule has 1 aliphatic rings. The van der Waals surface area contributed by atoms with Gasteiger partial charge in [-0.15, -0.1) is 0 Å². The molecule has 1 N–H and O–H groups in total. The molecule has 1 saturated heterocycles. The second kappa shape index (κ2) is 6.40. The lowest BCUT2D eigenvalue weighted by molar-refractivity contribution is 0.0498. The summed E-state index contributed by atoms with van der Waals surface area (Å²) in [4.78, 5) is 2.37. The van der Waals surface area contributed by atoms with E-state index in [0.29, 0.717) is 12.0 Å². The standard InChI is InChI=1S/C16H25NO2/c1-4-15(18)13-5-7-14(8-6-13)17-10-9-12(2)16(11-17)19-3/h5-8,12,15-16,18H,4,9-11H2,1-3H3/t12?,15-,16?/m0/s1. The Hall–Kier alpha value is -1.06. The number of methoxy groups -OCH3 is 1. The number of benzene rings is 1. The van der Waals surface area contributed by atoms with Gasteiger partial charge in [-0.2, -0.15) is 0 Å². The molecule has 3 heteroatoms. The molecule has 1 aromatic carbocycles. The number of nitrogens with zero attached hydrogens (tertiary/aromatic N) is 1. The van der Waals surface area contributed by atoms with Crippen molar-refractivity contribution in [2.24, 2.45) is 5.92 Å². The van der Waals surface area contributed by atoms with E-state index >= 15 is 0 Å². The number of aliphatic hydroxyl groups excluding tert-OH is 1. The van der Waals surface area contributed by atoms with Crippen LogP contribution in [0.2, 0.25) is 0 Å². The molecule has 0 bridgehead atoms. The Morgan fingerprint density at radius 3 is 2.63 bits per heavy atom. The summed E-state index contributed by atoms with van der Waals surface area (Å²) in [6.45, 7) is 6.28. The largest absolute Gasteiger partial charge is 0.388 e. The van der Waals surface area contributed by atoms with E-state index in [2.05, 4.69) is 24.0 Å². The Labute approximate surface area is 116 Å². The van der Waals surface area contributed by atoms with Crippen LogP contribution < -0.4 is 4.90 Å². The van der Waals surface area contributed by atoms with E-state index in [1.807, 2.05) is 19.1 Å². The SMILES string of the molecule is CC[C@H](O)c1ccc(N2CCC(C)C(OC)C2)cc1. The Morgan fingerprint density at radius 2 is 2.05 bits per heavy atom. The summed E-state index contributed by atoms with van der Waals surface area (Å²) in [5.74, 6) is 0.627. The molecule has 0 radical (unpaired) electrons. The first-order valence-electron chi connectivity index (χ1n) is 7.21. The topological polar surface area (TPSA) is 32.7 Å². The zero-order chi connectivity index (χ0) is 13.8. The van der Waals surface area contributed by atoms with Gasteiger partial charge in [-0.05, 0) is 36.5 Å². The average Bonchev–Trinajstić information content (AvgIpc) is 2.47. The number of ether oxygens (including phenoxy) is 1. The lowest BCUT2D eigenvalue weighted by Crippen LogP contribution is -2.43. The molecule has 19 heavy (non-hydrogen) atoms. The van der Waals surface area contributed by atoms with Crippen molar-refractivity contribution >= 4 is 5.69 Å². The van der Waals surface area contributed by atoms with Crippen LogP contribution in [0.5, 0.6) is 0 Å². The molecule has 1 fully saturated rings. The first-order chi connectivity index (χ1) is 9.15. The number of hydrogen-bond donors (Lipinski definition) is 1. The van der Waals surface area contributed by atoms with Crippen molar-refractivity contribution in [3.8, 4) is 0 Å². The second-order valence-electron chi connectivity index (χ2n) is 5.50. The minimum Gasteiger partial charge on any atom is -0.388 e. The first-order valence-corrected chi connectivity index (χ1v) is 7.21. The molecule has 2 rings (SSSR count). The van der Waals surface area contributed by atoms with Crippen LogP contribution in [0.15, 0.2) is 24.3 Å². The highest BCUT2D eigenvalue weighted by Gasteiger charge is 2.26. The zero-order valence-electron chi connectivity index (χ0n) is 12.2. The molecule has 1 aliphatic heterocycles. The fourth-order valence-electron chi connectivity index (χ4n) is 2.72. The Kier molecular flexibility index (Phi) is 4.83. The third-order valence-electron chi connectivity index (χ3n) is 4.22. The number of piperidine rings is 1. The molecular formula is C16H25NO2. The van der Waals surface area contributed by atoms with Crippen molar-refractivity contribution in [1.29, 1.82) is 0 Å². The van der Waals surface area contributed by atoms with Crippen LogP contribution in [0.4, 0.5) is 5.69 Å². The van der Waals surface area contributed by atoms with E-state index in [9.17, 15) is 5.11 Å². The maximum Gasteiger partial charge on any atom is 0.0787 e. The quantitative estimate of drug-likeness (QED) is 0.906. The van der Waals surface area contributed by atoms with Crippen LogP contribution in [0.1, 0.15) is 38.4 Å². The predicted octanol–water partition coefficient (Wildman–Crippen LogP) is 2.99. The van der Waals surface area contributed by atoms with Gasteiger partial charge in [-0.25, -0.2) is 0 Å². The van der Waals surface area contributed by atoms with Gasteiger partial charge in [-0.1, -0.05) is 26.0 Å². The lowest BCUT2D eigenvalue weighted by Gasteiger charge is -2.37. The van der Waals surface area contributed by atoms with Gasteiger partial charge in [0.1, 0.15) is 0 Å². The van der Waals surface area contributed by atoms with Crippen LogP contribution in [0.3, 0.4) is 0 Å². The summed E-state index contributed by atoms with van der Waals surface area (Å²) >= 11 is 0. The number of hydrogen-bond acceptors (Lipinski definition) is 3. The smallest absolute Gasteiger partial charge is 0.0787 e. The minimum absolute atomic E-state index is 0.314. The van der Waals surface area contributed by atoms with Crippen molar-refractivity contribution in [2.45, 2.75) is 38.9 Å². The second-order valence-corrected chi connectivity index (χ2v) is 5.50. The Bertz CT molecular complexity index is 390. The molecule has 0 aliphatic carbocycles. The average molecular weight is 263 g/mol. The van der Waals surface area contributed by atoms with E-state index in [1.165, 1.54) is 5.69 Å². The van der Waals surface area contributed by atoms with E-state index in [4.69, 9.17) is 4.74 Å². The highest BCUT2D eigenvalue weighted by molar-refractivity contribution is 5.48. The van der Waals surface area contributed by atoms with Gasteiger partial charge in [0, 0.05) is 25.9 Å². The third-order valence-corrected chi connectivity index (χ3v) is 4.22. The molecule has 3 nitrogen and oxygen atoms in total. The van der Waals surface area contributed by atoms with Gasteiger partial charge in [0.15, 0.2) is 0 Å². The van der Waals surface area contributed by atoms with Crippen LogP contribution in [-0.2, 0) is 4.74 Å². The van der Waals surface area contributed by atoms with Crippen molar-refractivity contribution in [3.63, 3.8) is 0 Å². The fraction of sp³-hybridized carbons (Fsp3) is 0.625. The number of rotatable bonds is 4. The molecule has 0 aromatic heterocycles. The molecule has 0 spiro atoms. The van der Waals surface area contributed by atoms with Crippen molar-refractivity contribution in [3.05, 3.63) is 29.8 Å². The summed E-state index contributed by atoms with van der Waals surface area (Å²) in [6.07, 6.45) is 1.89. The first kappa shape index (κ1) is 14.4. The summed E-state index contributed by atoms with van der Waals surface area (Å²) in [7, 11) is 1.80. The minimum atomic E-state index is -0.345. The summed E-state index contributed by atoms with van der Waals surface area (Å²) < 4.78 is 5.55. The van der Waals surface area contributed by atoms with Gasteiger partial charge in [0.25, 0.3) is 0 Å². The monoisotopic (exact) mass is 263 g/mol. The van der Waals surface area contributed by atoms with Gasteiger partial charge < -0.3 is 14.7 Å². The van der Waals surface area contributed by atoms with Crippen LogP contribution in [0, 0.1) is 5.92 Å². The van der Waals surface area contributed by atoms with Crippen LogP contribution in [0.25, 0.3) is 0 Å². The normalized spacial score (nSPS) is 25.4. The Morgan fingerprint density at radius 1 is 1.37 bits per heavy atom. The maximum absolute atomic E-state index is 9.81. The fourth-order valence-corrected chi connectivity index (χ4v) is 2.72. The maximum atomic E-state index is 9.81. The molecule has 0 amide bonds. The summed E-state index contributed by atoms with van der Waals surface area (Å²) in [6, 6.07) is 8.28. The van der Waals surface area contributed by atoms with E-state index < -0.39 is 0 Å². The van der Waals surface area contributed by atoms with Gasteiger partial charge in [0.05, 0.1) is 12.2 Å². The molecule has 1 aromatic rings. The molecule has 1 heterocycles. The summed E-state index contributed by atoms with van der Waals surface area (Å²) in [5.41, 5.74) is 2.22. The number of aliphatic hydroxyl groups is 1. The molecular weight excluding hydrogens is 238 g/mol. The zero-order valence-corrected chi connectivity index (χ0v) is 12.2. The van der Waals surface area contributed by atoms with E-state index in [0.717, 1.165) is 31.5 Å². The van der Waals surface area contributed by atoms with Crippen LogP contribution >= 0.6 is 0 Å². The van der Waals surface area contributed by atoms with Crippen molar-refractivity contribution in [2.75, 3.05) is 25.1 Å². The molecule has 3 atom stereocenters. The highest BCUT2D eigenvalue weighted by atomic mass is 16.5. The van der Waals surface area contributed by atoms with Gasteiger partial charge >= 0.3 is 0 Å². The van der Waals surface area contributed by atoms with Crippen LogP contribution in [-0.4, -0.2) is 31.4 Å². The van der Waals surface area contributed by atoms with Gasteiger partial charge in [0.2, 0.25) is 0 Å². The van der Waals surface area contributed by atoms with Crippen molar-refractivity contribution < 1.29 is 9.84 Å². The molecule has 106 valence electrons. The van der Waals surface area contributed by atoms with Gasteiger partial charge in [-0.3, -0.25) is 0 Å². The van der Waals surface area contributed by atoms with E-state index in [-0.39, 0.29) is 6.10 Å². The number of anilines is 1. The van der Waals surface area contributed by atoms with Crippen molar-refractivity contribution in [1.82, 2.24) is 0 Å². The molecule has 0 saturated carbocycles. The highest BCUT2D eigenvalue weighted by Crippen LogP contribution is 2.26. The lowest BCUT2D eigenvalue weighted by atomic mass is 9.95. The van der Waals surface area contributed by atoms with E-state index in [1.54, 1.807) is 7.11 Å². The third kappa shape index (κ3) is 3.28. The summed E-state index contributed by atoms with van der Waals surface area (Å²) in [5, 5.41) is 9.81.